The standard InChI is InChI=1S/C19H16N4O2/c1-24-15-5-3-13(4-6-15)17-10-22-18-11-21-16(12-23(17)18)14-7-8-20-19(9-14)25-2/h3-12H,1-2H3. The zero-order valence-electron chi connectivity index (χ0n) is 13.9. The van der Waals surface area contributed by atoms with E-state index in [1.165, 1.54) is 0 Å². The molecule has 4 rings (SSSR count). The van der Waals surface area contributed by atoms with Crippen molar-refractivity contribution >= 4 is 5.65 Å². The fourth-order valence-corrected chi connectivity index (χ4v) is 2.69. The number of hydrogen-bond acceptors (Lipinski definition) is 5. The molecule has 4 aromatic rings. The number of benzene rings is 1. The Labute approximate surface area is 144 Å². The van der Waals surface area contributed by atoms with Gasteiger partial charge in [-0.3, -0.25) is 9.38 Å². The maximum absolute atomic E-state index is 5.22. The highest BCUT2D eigenvalue weighted by molar-refractivity contribution is 5.67. The van der Waals surface area contributed by atoms with Crippen LogP contribution in [-0.4, -0.2) is 33.6 Å². The molecule has 3 heterocycles. The third-order valence-electron chi connectivity index (χ3n) is 4.02. The predicted molar refractivity (Wildman–Crippen MR) is 94.8 cm³/mol. The van der Waals surface area contributed by atoms with Crippen molar-refractivity contribution in [3.63, 3.8) is 0 Å². The first-order valence-electron chi connectivity index (χ1n) is 7.76. The van der Waals surface area contributed by atoms with Gasteiger partial charge < -0.3 is 9.47 Å². The Hall–Kier alpha value is -3.41. The van der Waals surface area contributed by atoms with Crippen LogP contribution in [0.2, 0.25) is 0 Å². The Morgan fingerprint density at radius 3 is 2.44 bits per heavy atom. The van der Waals surface area contributed by atoms with E-state index in [4.69, 9.17) is 9.47 Å². The van der Waals surface area contributed by atoms with Crippen molar-refractivity contribution < 1.29 is 9.47 Å². The van der Waals surface area contributed by atoms with Gasteiger partial charge in [-0.25, -0.2) is 9.97 Å². The number of ether oxygens (including phenoxy) is 2. The molecule has 0 atom stereocenters. The lowest BCUT2D eigenvalue weighted by Gasteiger charge is -2.07. The van der Waals surface area contributed by atoms with E-state index in [9.17, 15) is 0 Å². The van der Waals surface area contributed by atoms with Crippen LogP contribution in [-0.2, 0) is 0 Å². The lowest BCUT2D eigenvalue weighted by molar-refractivity contribution is 0.398. The second kappa shape index (κ2) is 6.24. The summed E-state index contributed by atoms with van der Waals surface area (Å²) in [7, 11) is 3.25. The Morgan fingerprint density at radius 2 is 1.68 bits per heavy atom. The number of rotatable bonds is 4. The summed E-state index contributed by atoms with van der Waals surface area (Å²) in [6.07, 6.45) is 7.28. The van der Waals surface area contributed by atoms with Gasteiger partial charge >= 0.3 is 0 Å². The van der Waals surface area contributed by atoms with E-state index in [1.807, 2.05) is 53.2 Å². The first kappa shape index (κ1) is 15.1. The number of hydrogen-bond donors (Lipinski definition) is 0. The SMILES string of the molecule is COc1ccc(-c2cnc3cnc(-c4ccnc(OC)c4)cn23)cc1. The van der Waals surface area contributed by atoms with Crippen molar-refractivity contribution in [2.45, 2.75) is 0 Å². The Balaban J connectivity index is 1.81. The van der Waals surface area contributed by atoms with E-state index < -0.39 is 0 Å². The highest BCUT2D eigenvalue weighted by atomic mass is 16.5. The monoisotopic (exact) mass is 332 g/mol. The van der Waals surface area contributed by atoms with Gasteiger partial charge in [-0.1, -0.05) is 0 Å². The zero-order valence-corrected chi connectivity index (χ0v) is 13.9. The first-order chi connectivity index (χ1) is 12.3. The summed E-state index contributed by atoms with van der Waals surface area (Å²) in [5.74, 6) is 1.38. The van der Waals surface area contributed by atoms with Gasteiger partial charge in [0.05, 0.1) is 38.0 Å². The van der Waals surface area contributed by atoms with Crippen LogP contribution < -0.4 is 9.47 Å². The molecule has 0 bridgehead atoms. The van der Waals surface area contributed by atoms with Crippen molar-refractivity contribution in [2.75, 3.05) is 14.2 Å². The molecule has 0 saturated heterocycles. The first-order valence-corrected chi connectivity index (χ1v) is 7.76. The van der Waals surface area contributed by atoms with E-state index in [0.29, 0.717) is 5.88 Å². The Bertz CT molecular complexity index is 1030. The second-order valence-electron chi connectivity index (χ2n) is 5.46. The zero-order chi connectivity index (χ0) is 17.2. The molecule has 0 spiro atoms. The number of pyridine rings is 1. The Kier molecular flexibility index (Phi) is 3.78. The van der Waals surface area contributed by atoms with E-state index in [0.717, 1.165) is 33.9 Å². The lowest BCUT2D eigenvalue weighted by Crippen LogP contribution is -1.94. The molecule has 0 aliphatic rings. The number of imidazole rings is 1. The van der Waals surface area contributed by atoms with Crippen LogP contribution in [0.4, 0.5) is 0 Å². The van der Waals surface area contributed by atoms with Crippen LogP contribution >= 0.6 is 0 Å². The van der Waals surface area contributed by atoms with Crippen molar-refractivity contribution in [2.24, 2.45) is 0 Å². The molecule has 25 heavy (non-hydrogen) atoms. The summed E-state index contributed by atoms with van der Waals surface area (Å²) in [4.78, 5) is 13.1. The van der Waals surface area contributed by atoms with E-state index in [1.54, 1.807) is 26.6 Å². The highest BCUT2D eigenvalue weighted by Gasteiger charge is 2.09. The minimum absolute atomic E-state index is 0.556. The molecule has 0 unspecified atom stereocenters. The summed E-state index contributed by atoms with van der Waals surface area (Å²) in [5, 5.41) is 0. The van der Waals surface area contributed by atoms with Crippen LogP contribution in [0.3, 0.4) is 0 Å². The van der Waals surface area contributed by atoms with Gasteiger partial charge in [0.1, 0.15) is 5.75 Å². The third-order valence-corrected chi connectivity index (χ3v) is 4.02. The predicted octanol–water partition coefficient (Wildman–Crippen LogP) is 3.48. The summed E-state index contributed by atoms with van der Waals surface area (Å²) in [5.41, 5.74) is 4.58. The van der Waals surface area contributed by atoms with Crippen molar-refractivity contribution in [1.29, 1.82) is 0 Å². The summed E-state index contributed by atoms with van der Waals surface area (Å²) in [6.45, 7) is 0. The lowest BCUT2D eigenvalue weighted by atomic mass is 10.1. The van der Waals surface area contributed by atoms with Gasteiger partial charge in [-0.05, 0) is 30.3 Å². The molecule has 0 N–H and O–H groups in total. The average Bonchev–Trinajstić information content (AvgIpc) is 3.11. The normalized spacial score (nSPS) is 10.8. The second-order valence-corrected chi connectivity index (χ2v) is 5.46. The number of nitrogens with zero attached hydrogens (tertiary/aromatic N) is 4. The molecule has 0 radical (unpaired) electrons. The van der Waals surface area contributed by atoms with Gasteiger partial charge in [0.25, 0.3) is 0 Å². The largest absolute Gasteiger partial charge is 0.497 e. The highest BCUT2D eigenvalue weighted by Crippen LogP contribution is 2.26. The molecule has 0 aliphatic carbocycles. The summed E-state index contributed by atoms with van der Waals surface area (Å²) >= 11 is 0. The molecular weight excluding hydrogens is 316 g/mol. The van der Waals surface area contributed by atoms with Gasteiger partial charge in [0.15, 0.2) is 5.65 Å². The Morgan fingerprint density at radius 1 is 0.840 bits per heavy atom. The molecule has 3 aromatic heterocycles. The third kappa shape index (κ3) is 2.78. The molecule has 0 saturated carbocycles. The summed E-state index contributed by atoms with van der Waals surface area (Å²) < 4.78 is 12.4. The van der Waals surface area contributed by atoms with Crippen molar-refractivity contribution in [3.05, 3.63) is 61.2 Å². The summed E-state index contributed by atoms with van der Waals surface area (Å²) in [6, 6.07) is 11.7. The fraction of sp³-hybridized carbons (Fsp3) is 0.105. The maximum atomic E-state index is 5.22. The molecule has 0 amide bonds. The average molecular weight is 332 g/mol. The van der Waals surface area contributed by atoms with Crippen LogP contribution in [0.1, 0.15) is 0 Å². The van der Waals surface area contributed by atoms with Crippen LogP contribution in [0.15, 0.2) is 61.2 Å². The van der Waals surface area contributed by atoms with E-state index in [-0.39, 0.29) is 0 Å². The van der Waals surface area contributed by atoms with E-state index in [2.05, 4.69) is 15.0 Å². The van der Waals surface area contributed by atoms with Crippen LogP contribution in [0.25, 0.3) is 28.2 Å². The van der Waals surface area contributed by atoms with Crippen molar-refractivity contribution in [1.82, 2.24) is 19.4 Å². The minimum Gasteiger partial charge on any atom is -0.497 e. The smallest absolute Gasteiger partial charge is 0.213 e. The topological polar surface area (TPSA) is 61.5 Å². The van der Waals surface area contributed by atoms with Gasteiger partial charge in [-0.15, -0.1) is 0 Å². The number of methoxy groups -OCH3 is 2. The minimum atomic E-state index is 0.556. The molecule has 0 aliphatic heterocycles. The van der Waals surface area contributed by atoms with Crippen LogP contribution in [0, 0.1) is 0 Å². The quantitative estimate of drug-likeness (QED) is 0.572. The maximum Gasteiger partial charge on any atom is 0.213 e. The van der Waals surface area contributed by atoms with Gasteiger partial charge in [0.2, 0.25) is 5.88 Å². The molecule has 124 valence electrons. The fourth-order valence-electron chi connectivity index (χ4n) is 2.69. The molecule has 1 aromatic carbocycles. The van der Waals surface area contributed by atoms with Crippen molar-refractivity contribution in [3.8, 4) is 34.1 Å². The van der Waals surface area contributed by atoms with Gasteiger partial charge in [-0.2, -0.15) is 0 Å². The van der Waals surface area contributed by atoms with E-state index >= 15 is 0 Å². The molecule has 6 heteroatoms. The molecular formula is C19H16N4O2. The molecule has 6 nitrogen and oxygen atoms in total. The number of aromatic nitrogens is 4. The van der Waals surface area contributed by atoms with Gasteiger partial charge in [0, 0.05) is 29.6 Å². The number of fused-ring (bicyclic) bond motifs is 1. The molecule has 0 fully saturated rings. The van der Waals surface area contributed by atoms with Crippen LogP contribution in [0.5, 0.6) is 11.6 Å².